The highest BCUT2D eigenvalue weighted by molar-refractivity contribution is 6.15. The minimum Gasteiger partial charge on any atom is -0.383 e. The number of likely N-dealkylation sites (tertiary alicyclic amines) is 1. The summed E-state index contributed by atoms with van der Waals surface area (Å²) in [4.78, 5) is 43.4. The van der Waals surface area contributed by atoms with Gasteiger partial charge in [-0.1, -0.05) is 17.7 Å². The predicted octanol–water partition coefficient (Wildman–Crippen LogP) is 0.868. The van der Waals surface area contributed by atoms with Crippen LogP contribution < -0.4 is 5.32 Å². The third kappa shape index (κ3) is 1.91. The molecule has 3 amide bonds. The molecule has 1 spiro atoms. The molecule has 7 nitrogen and oxygen atoms in total. The molecule has 0 bridgehead atoms. The number of methoxy groups -OCH3 is 1. The van der Waals surface area contributed by atoms with Crippen LogP contribution in [0.3, 0.4) is 0 Å². The van der Waals surface area contributed by atoms with Crippen molar-refractivity contribution >= 4 is 23.4 Å². The smallest absolute Gasteiger partial charge is 0.250 e. The van der Waals surface area contributed by atoms with Gasteiger partial charge in [0.2, 0.25) is 17.7 Å². The fourth-order valence-corrected chi connectivity index (χ4v) is 5.78. The average molecular weight is 369 g/mol. The van der Waals surface area contributed by atoms with Gasteiger partial charge in [0, 0.05) is 24.4 Å². The Labute approximate surface area is 157 Å². The van der Waals surface area contributed by atoms with E-state index in [0.29, 0.717) is 6.61 Å². The number of ether oxygens (including phenoxy) is 1. The quantitative estimate of drug-likeness (QED) is 0.800. The van der Waals surface area contributed by atoms with Crippen LogP contribution in [0.25, 0.3) is 0 Å². The van der Waals surface area contributed by atoms with E-state index in [2.05, 4.69) is 10.2 Å². The molecule has 1 N–H and O–H groups in total. The lowest BCUT2D eigenvalue weighted by molar-refractivity contribution is -0.146. The van der Waals surface area contributed by atoms with Gasteiger partial charge in [-0.15, -0.1) is 0 Å². The van der Waals surface area contributed by atoms with Crippen LogP contribution in [0.2, 0.25) is 0 Å². The molecule has 0 aromatic heterocycles. The van der Waals surface area contributed by atoms with Crippen molar-refractivity contribution in [3.63, 3.8) is 0 Å². The number of imide groups is 1. The largest absolute Gasteiger partial charge is 0.383 e. The van der Waals surface area contributed by atoms with Gasteiger partial charge in [0.1, 0.15) is 5.54 Å². The van der Waals surface area contributed by atoms with Gasteiger partial charge in [-0.2, -0.15) is 0 Å². The van der Waals surface area contributed by atoms with Gasteiger partial charge in [0.25, 0.3) is 0 Å². The van der Waals surface area contributed by atoms with Crippen LogP contribution in [0.5, 0.6) is 0 Å². The third-order valence-corrected chi connectivity index (χ3v) is 6.76. The number of aryl methyl sites for hydroxylation is 1. The van der Waals surface area contributed by atoms with Crippen LogP contribution in [-0.4, -0.2) is 60.4 Å². The van der Waals surface area contributed by atoms with E-state index in [4.69, 9.17) is 4.74 Å². The standard InChI is InChI=1S/C20H23N3O4/c1-11-5-6-13-12(10-11)20(19(26)21-13)16-15(14-4-3-7-23(14)20)17(24)22(18(16)25)8-9-27-2/h5-6,10,14-16H,3-4,7-9H2,1-2H3,(H,21,26)/t14-,15+,16-,20+/m0/s1. The van der Waals surface area contributed by atoms with E-state index in [1.54, 1.807) is 7.11 Å². The topological polar surface area (TPSA) is 78.9 Å². The average Bonchev–Trinajstić information content (AvgIpc) is 3.33. The molecule has 4 heterocycles. The Bertz CT molecular complexity index is 869. The predicted molar refractivity (Wildman–Crippen MR) is 96.8 cm³/mol. The highest BCUT2D eigenvalue weighted by Gasteiger charge is 2.74. The minimum atomic E-state index is -1.07. The number of hydrogen-bond donors (Lipinski definition) is 1. The summed E-state index contributed by atoms with van der Waals surface area (Å²) in [6.07, 6.45) is 1.78. The van der Waals surface area contributed by atoms with Gasteiger partial charge in [-0.3, -0.25) is 24.2 Å². The molecule has 0 radical (unpaired) electrons. The number of nitrogens with one attached hydrogen (secondary N) is 1. The van der Waals surface area contributed by atoms with Crippen molar-refractivity contribution in [2.45, 2.75) is 31.3 Å². The lowest BCUT2D eigenvalue weighted by Crippen LogP contribution is -2.54. The molecular formula is C20H23N3O4. The van der Waals surface area contributed by atoms with Gasteiger partial charge in [0.15, 0.2) is 0 Å². The number of hydrogen-bond acceptors (Lipinski definition) is 5. The Balaban J connectivity index is 1.69. The molecule has 7 heteroatoms. The molecule has 4 atom stereocenters. The zero-order valence-electron chi connectivity index (χ0n) is 15.5. The second-order valence-electron chi connectivity index (χ2n) is 8.00. The second kappa shape index (κ2) is 5.62. The lowest BCUT2D eigenvalue weighted by atomic mass is 9.75. The van der Waals surface area contributed by atoms with E-state index in [9.17, 15) is 14.4 Å². The molecule has 142 valence electrons. The maximum absolute atomic E-state index is 13.4. The van der Waals surface area contributed by atoms with E-state index >= 15 is 0 Å². The second-order valence-corrected chi connectivity index (χ2v) is 8.00. The summed E-state index contributed by atoms with van der Waals surface area (Å²) in [5.41, 5.74) is 1.58. The molecule has 0 unspecified atom stereocenters. The number of amides is 3. The Morgan fingerprint density at radius 1 is 1.26 bits per heavy atom. The summed E-state index contributed by atoms with van der Waals surface area (Å²) in [5.74, 6) is -1.66. The van der Waals surface area contributed by atoms with E-state index < -0.39 is 17.4 Å². The van der Waals surface area contributed by atoms with E-state index in [0.717, 1.165) is 36.2 Å². The number of fused-ring (bicyclic) bond motifs is 7. The van der Waals surface area contributed by atoms with Gasteiger partial charge in [-0.05, 0) is 32.4 Å². The van der Waals surface area contributed by atoms with Crippen LogP contribution in [-0.2, 0) is 24.7 Å². The monoisotopic (exact) mass is 369 g/mol. The van der Waals surface area contributed by atoms with Crippen LogP contribution >= 0.6 is 0 Å². The number of rotatable bonds is 3. The van der Waals surface area contributed by atoms with Crippen LogP contribution in [0, 0.1) is 18.8 Å². The van der Waals surface area contributed by atoms with Crippen molar-refractivity contribution in [1.29, 1.82) is 0 Å². The van der Waals surface area contributed by atoms with Crippen molar-refractivity contribution in [3.05, 3.63) is 29.3 Å². The molecule has 4 aliphatic heterocycles. The first-order valence-electron chi connectivity index (χ1n) is 9.55. The van der Waals surface area contributed by atoms with Gasteiger partial charge < -0.3 is 10.1 Å². The zero-order valence-corrected chi connectivity index (χ0v) is 15.5. The molecule has 27 heavy (non-hydrogen) atoms. The Morgan fingerprint density at radius 3 is 2.85 bits per heavy atom. The van der Waals surface area contributed by atoms with Gasteiger partial charge in [-0.25, -0.2) is 0 Å². The third-order valence-electron chi connectivity index (χ3n) is 6.76. The highest BCUT2D eigenvalue weighted by Crippen LogP contribution is 2.60. The van der Waals surface area contributed by atoms with Crippen molar-refractivity contribution < 1.29 is 19.1 Å². The number of anilines is 1. The first-order chi connectivity index (χ1) is 13.0. The van der Waals surface area contributed by atoms with E-state index in [1.165, 1.54) is 4.90 Å². The van der Waals surface area contributed by atoms with Crippen LogP contribution in [0.1, 0.15) is 24.0 Å². The molecule has 3 saturated heterocycles. The van der Waals surface area contributed by atoms with Crippen LogP contribution in [0.4, 0.5) is 5.69 Å². The first-order valence-corrected chi connectivity index (χ1v) is 9.55. The summed E-state index contributed by atoms with van der Waals surface area (Å²) in [6.45, 7) is 3.26. The molecule has 5 rings (SSSR count). The molecular weight excluding hydrogens is 346 g/mol. The maximum atomic E-state index is 13.4. The fourth-order valence-electron chi connectivity index (χ4n) is 5.78. The molecule has 4 aliphatic rings. The molecule has 1 aromatic rings. The Kier molecular flexibility index (Phi) is 3.52. The number of nitrogens with zero attached hydrogens (tertiary/aromatic N) is 2. The summed E-state index contributed by atoms with van der Waals surface area (Å²) in [6, 6.07) is 5.80. The van der Waals surface area contributed by atoms with E-state index in [1.807, 2.05) is 25.1 Å². The zero-order chi connectivity index (χ0) is 18.9. The normalized spacial score (nSPS) is 34.4. The number of carbonyl (C=O) groups is 3. The molecule has 1 aromatic carbocycles. The molecule has 0 saturated carbocycles. The maximum Gasteiger partial charge on any atom is 0.250 e. The fraction of sp³-hybridized carbons (Fsp3) is 0.550. The van der Waals surface area contributed by atoms with Crippen LogP contribution in [0.15, 0.2) is 18.2 Å². The van der Waals surface area contributed by atoms with Crippen molar-refractivity contribution in [1.82, 2.24) is 9.80 Å². The first kappa shape index (κ1) is 16.9. The summed E-state index contributed by atoms with van der Waals surface area (Å²) in [7, 11) is 1.55. The summed E-state index contributed by atoms with van der Waals surface area (Å²) >= 11 is 0. The summed E-state index contributed by atoms with van der Waals surface area (Å²) < 4.78 is 5.08. The van der Waals surface area contributed by atoms with Gasteiger partial charge >= 0.3 is 0 Å². The molecule has 0 aliphatic carbocycles. The van der Waals surface area contributed by atoms with Crippen molar-refractivity contribution in [2.75, 3.05) is 32.1 Å². The number of carbonyl (C=O) groups excluding carboxylic acids is 3. The Morgan fingerprint density at radius 2 is 2.07 bits per heavy atom. The van der Waals surface area contributed by atoms with Gasteiger partial charge in [0.05, 0.1) is 25.0 Å². The Hall–Kier alpha value is -2.25. The van der Waals surface area contributed by atoms with Crippen molar-refractivity contribution in [2.24, 2.45) is 11.8 Å². The number of benzene rings is 1. The SMILES string of the molecule is COCCN1C(=O)[C@H]2[C@@H](C1=O)[C@]1(C(=O)Nc3ccc(C)cc31)N1CCC[C@@H]21. The lowest BCUT2D eigenvalue weighted by Gasteiger charge is -2.36. The minimum absolute atomic E-state index is 0.0591. The van der Waals surface area contributed by atoms with E-state index in [-0.39, 0.29) is 30.3 Å². The molecule has 3 fully saturated rings. The highest BCUT2D eigenvalue weighted by atomic mass is 16.5. The summed E-state index contributed by atoms with van der Waals surface area (Å²) in [5, 5.41) is 2.99. The van der Waals surface area contributed by atoms with Crippen molar-refractivity contribution in [3.8, 4) is 0 Å².